The first-order chi connectivity index (χ1) is 32.2. The van der Waals surface area contributed by atoms with Crippen molar-refractivity contribution in [2.75, 3.05) is 4.90 Å². The van der Waals surface area contributed by atoms with Crippen molar-refractivity contribution in [2.24, 2.45) is 0 Å². The van der Waals surface area contributed by atoms with E-state index in [-0.39, 0.29) is 0 Å². The number of benzene rings is 11. The molecule has 0 saturated heterocycles. The SMILES string of the molecule is c1cc(-c2cccc3ccccc23)cc(N(c2ccc(-c3cccc(-n4c5ccccc5c5ccccc54)c3)cc2)c2ccccc2-c2cccc3oc4c5ccccc5ccc4c23)c1. The lowest BCUT2D eigenvalue weighted by atomic mass is 9.95. The Bertz CT molecular complexity index is 3910. The van der Waals surface area contributed by atoms with Gasteiger partial charge in [0.25, 0.3) is 0 Å². The van der Waals surface area contributed by atoms with Gasteiger partial charge in [0.05, 0.1) is 16.7 Å². The van der Waals surface area contributed by atoms with Gasteiger partial charge in [0.2, 0.25) is 0 Å². The van der Waals surface area contributed by atoms with Crippen LogP contribution in [0.25, 0.3) is 104 Å². The minimum Gasteiger partial charge on any atom is -0.455 e. The van der Waals surface area contributed by atoms with E-state index in [0.717, 1.165) is 77.9 Å². The molecule has 304 valence electrons. The summed E-state index contributed by atoms with van der Waals surface area (Å²) in [6.07, 6.45) is 0. The summed E-state index contributed by atoms with van der Waals surface area (Å²) in [6, 6.07) is 87.7. The van der Waals surface area contributed by atoms with E-state index >= 15 is 0 Å². The molecule has 11 aromatic carbocycles. The lowest BCUT2D eigenvalue weighted by Gasteiger charge is -2.28. The summed E-state index contributed by atoms with van der Waals surface area (Å²) in [6.45, 7) is 0. The number of hydrogen-bond acceptors (Lipinski definition) is 2. The zero-order valence-corrected chi connectivity index (χ0v) is 35.4. The van der Waals surface area contributed by atoms with Crippen molar-refractivity contribution < 1.29 is 4.42 Å². The molecule has 3 nitrogen and oxygen atoms in total. The summed E-state index contributed by atoms with van der Waals surface area (Å²) in [7, 11) is 0. The van der Waals surface area contributed by atoms with Crippen molar-refractivity contribution in [2.45, 2.75) is 0 Å². The zero-order valence-electron chi connectivity index (χ0n) is 35.4. The van der Waals surface area contributed by atoms with Crippen molar-refractivity contribution in [1.29, 1.82) is 0 Å². The van der Waals surface area contributed by atoms with E-state index in [1.165, 1.54) is 43.5 Å². The van der Waals surface area contributed by atoms with Gasteiger partial charge in [-0.05, 0) is 111 Å². The molecule has 3 heteroatoms. The molecule has 0 fully saturated rings. The average molecular weight is 829 g/mol. The molecule has 13 aromatic rings. The molecule has 2 aromatic heterocycles. The van der Waals surface area contributed by atoms with Crippen LogP contribution < -0.4 is 4.90 Å². The second kappa shape index (κ2) is 15.0. The molecular formula is C62H40N2O. The molecule has 0 N–H and O–H groups in total. The summed E-state index contributed by atoms with van der Waals surface area (Å²) in [5, 5.41) is 9.49. The maximum Gasteiger partial charge on any atom is 0.143 e. The number of rotatable bonds is 7. The average Bonchev–Trinajstić information content (AvgIpc) is 3.93. The highest BCUT2D eigenvalue weighted by Crippen LogP contribution is 2.47. The Labute approximate surface area is 376 Å². The first-order valence-electron chi connectivity index (χ1n) is 22.2. The monoisotopic (exact) mass is 828 g/mol. The Kier molecular flexibility index (Phi) is 8.53. The van der Waals surface area contributed by atoms with Crippen LogP contribution in [0.5, 0.6) is 0 Å². The van der Waals surface area contributed by atoms with Crippen molar-refractivity contribution in [3.63, 3.8) is 0 Å². The third-order valence-corrected chi connectivity index (χ3v) is 13.2. The molecule has 0 atom stereocenters. The van der Waals surface area contributed by atoms with Gasteiger partial charge in [-0.25, -0.2) is 0 Å². The number of nitrogens with zero attached hydrogens (tertiary/aromatic N) is 2. The van der Waals surface area contributed by atoms with Crippen LogP contribution in [0.4, 0.5) is 17.1 Å². The number of anilines is 3. The third-order valence-electron chi connectivity index (χ3n) is 13.2. The van der Waals surface area contributed by atoms with Gasteiger partial charge in [0.15, 0.2) is 0 Å². The van der Waals surface area contributed by atoms with Crippen LogP contribution in [0.2, 0.25) is 0 Å². The molecule has 0 spiro atoms. The fraction of sp³-hybridized carbons (Fsp3) is 0. The Balaban J connectivity index is 0.977. The van der Waals surface area contributed by atoms with Gasteiger partial charge in [0, 0.05) is 49.6 Å². The molecule has 2 heterocycles. The van der Waals surface area contributed by atoms with Gasteiger partial charge in [-0.3, -0.25) is 0 Å². The van der Waals surface area contributed by atoms with E-state index in [1.807, 2.05) is 0 Å². The van der Waals surface area contributed by atoms with Crippen molar-refractivity contribution in [1.82, 2.24) is 4.57 Å². The van der Waals surface area contributed by atoms with Gasteiger partial charge < -0.3 is 13.9 Å². The number of aromatic nitrogens is 1. The van der Waals surface area contributed by atoms with Crippen molar-refractivity contribution in [3.8, 4) is 39.1 Å². The molecule has 0 radical (unpaired) electrons. The zero-order chi connectivity index (χ0) is 42.8. The highest BCUT2D eigenvalue weighted by atomic mass is 16.3. The molecule has 0 aliphatic heterocycles. The van der Waals surface area contributed by atoms with Gasteiger partial charge in [-0.1, -0.05) is 176 Å². The standard InChI is InChI=1S/C62H40N2O/c1-3-22-49-42(15-1)17-13-27-50(49)45-19-12-20-47(40-45)63(57-29-8-7-26-54(57)55-28-14-32-60-61(55)56-38-35-43-16-2-4-23-51(43)62(56)65-60)46-36-33-41(34-37-46)44-18-11-21-48(39-44)64-58-30-9-5-24-52(58)53-25-6-10-31-59(53)64/h1-40H. The van der Waals surface area contributed by atoms with Crippen LogP contribution in [0.3, 0.4) is 0 Å². The number of hydrogen-bond donors (Lipinski definition) is 0. The van der Waals surface area contributed by atoms with E-state index in [2.05, 4.69) is 252 Å². The second-order valence-electron chi connectivity index (χ2n) is 16.8. The fourth-order valence-electron chi connectivity index (χ4n) is 10.2. The summed E-state index contributed by atoms with van der Waals surface area (Å²) >= 11 is 0. The minimum absolute atomic E-state index is 0.876. The van der Waals surface area contributed by atoms with Crippen LogP contribution in [0.1, 0.15) is 0 Å². The topological polar surface area (TPSA) is 21.3 Å². The van der Waals surface area contributed by atoms with Crippen LogP contribution in [-0.4, -0.2) is 4.57 Å². The highest BCUT2D eigenvalue weighted by Gasteiger charge is 2.22. The van der Waals surface area contributed by atoms with E-state index < -0.39 is 0 Å². The van der Waals surface area contributed by atoms with Gasteiger partial charge in [-0.15, -0.1) is 0 Å². The van der Waals surface area contributed by atoms with E-state index in [0.29, 0.717) is 0 Å². The lowest BCUT2D eigenvalue weighted by Crippen LogP contribution is -2.11. The fourth-order valence-corrected chi connectivity index (χ4v) is 10.2. The molecule has 0 aliphatic rings. The number of para-hydroxylation sites is 3. The van der Waals surface area contributed by atoms with Gasteiger partial charge in [0.1, 0.15) is 11.2 Å². The predicted molar refractivity (Wildman–Crippen MR) is 274 cm³/mol. The molecule has 0 unspecified atom stereocenters. The normalized spacial score (nSPS) is 11.7. The minimum atomic E-state index is 0.876. The second-order valence-corrected chi connectivity index (χ2v) is 16.8. The van der Waals surface area contributed by atoms with Crippen molar-refractivity contribution >= 4 is 82.4 Å². The van der Waals surface area contributed by atoms with Crippen LogP contribution in [-0.2, 0) is 0 Å². The van der Waals surface area contributed by atoms with Crippen LogP contribution in [0, 0.1) is 0 Å². The first kappa shape index (κ1) is 36.9. The lowest BCUT2D eigenvalue weighted by molar-refractivity contribution is 0.673. The largest absolute Gasteiger partial charge is 0.455 e. The summed E-state index contributed by atoms with van der Waals surface area (Å²) in [4.78, 5) is 2.42. The first-order valence-corrected chi connectivity index (χ1v) is 22.2. The highest BCUT2D eigenvalue weighted by molar-refractivity contribution is 6.20. The molecule has 0 bridgehead atoms. The molecular weight excluding hydrogens is 789 g/mol. The van der Waals surface area contributed by atoms with E-state index in [4.69, 9.17) is 4.42 Å². The Morgan fingerprint density at radius 1 is 0.338 bits per heavy atom. The maximum atomic E-state index is 6.71. The van der Waals surface area contributed by atoms with Crippen LogP contribution in [0.15, 0.2) is 247 Å². The molecule has 0 saturated carbocycles. The Morgan fingerprint density at radius 2 is 0.938 bits per heavy atom. The molecule has 0 amide bonds. The summed E-state index contributed by atoms with van der Waals surface area (Å²) in [5.41, 5.74) is 15.5. The summed E-state index contributed by atoms with van der Waals surface area (Å²) in [5.74, 6) is 0. The predicted octanol–water partition coefficient (Wildman–Crippen LogP) is 17.5. The van der Waals surface area contributed by atoms with E-state index in [9.17, 15) is 0 Å². The van der Waals surface area contributed by atoms with E-state index in [1.54, 1.807) is 0 Å². The molecule has 65 heavy (non-hydrogen) atoms. The number of furan rings is 1. The smallest absolute Gasteiger partial charge is 0.143 e. The quantitative estimate of drug-likeness (QED) is 0.160. The van der Waals surface area contributed by atoms with Crippen LogP contribution >= 0.6 is 0 Å². The third kappa shape index (κ3) is 6.05. The Hall–Kier alpha value is -8.66. The summed E-state index contributed by atoms with van der Waals surface area (Å²) < 4.78 is 9.10. The molecule has 13 rings (SSSR count). The Morgan fingerprint density at radius 3 is 1.75 bits per heavy atom. The van der Waals surface area contributed by atoms with Gasteiger partial charge >= 0.3 is 0 Å². The van der Waals surface area contributed by atoms with Crippen molar-refractivity contribution in [3.05, 3.63) is 243 Å². The number of fused-ring (bicyclic) bond motifs is 9. The maximum absolute atomic E-state index is 6.71. The van der Waals surface area contributed by atoms with Gasteiger partial charge in [-0.2, -0.15) is 0 Å². The molecule has 0 aliphatic carbocycles.